The molecule has 3 aromatic carbocycles. The molecule has 0 saturated heterocycles. The Labute approximate surface area is 205 Å². The molecule has 32 heavy (non-hydrogen) atoms. The summed E-state index contributed by atoms with van der Waals surface area (Å²) in [6, 6.07) is 25.6. The molecular formula is C30H32STe. The van der Waals surface area contributed by atoms with Gasteiger partial charge in [0.2, 0.25) is 0 Å². The maximum absolute atomic E-state index is 2.48. The first kappa shape index (κ1) is 22.2. The van der Waals surface area contributed by atoms with Gasteiger partial charge in [0.15, 0.2) is 0 Å². The molecule has 0 amide bonds. The van der Waals surface area contributed by atoms with Crippen LogP contribution in [0.1, 0.15) is 63.2 Å². The molecule has 0 unspecified atom stereocenters. The van der Waals surface area contributed by atoms with Crippen molar-refractivity contribution in [1.82, 2.24) is 0 Å². The molecule has 0 N–H and O–H groups in total. The van der Waals surface area contributed by atoms with Crippen LogP contribution < -0.4 is 0 Å². The summed E-state index contributed by atoms with van der Waals surface area (Å²) in [6.45, 7) is 2.29. The summed E-state index contributed by atoms with van der Waals surface area (Å²) >= 11 is 1.71. The van der Waals surface area contributed by atoms with Gasteiger partial charge in [0.1, 0.15) is 0 Å². The fraction of sp³-hybridized carbons (Fsp3) is 0.333. The van der Waals surface area contributed by atoms with Gasteiger partial charge in [0.25, 0.3) is 0 Å². The number of unbranched alkanes of at least 4 members (excludes halogenated alkanes) is 7. The van der Waals surface area contributed by atoms with Crippen molar-refractivity contribution in [2.75, 3.05) is 0 Å². The molecule has 0 bridgehead atoms. The number of thiophene rings is 1. The van der Waals surface area contributed by atoms with E-state index in [1.807, 2.05) is 11.3 Å². The second kappa shape index (κ2) is 10.6. The molecule has 5 rings (SSSR count). The molecule has 2 aromatic heterocycles. The second-order valence-corrected chi connectivity index (χ2v) is 13.3. The third-order valence-corrected chi connectivity index (χ3v) is 10.9. The van der Waals surface area contributed by atoms with Crippen molar-refractivity contribution in [3.05, 3.63) is 71.6 Å². The van der Waals surface area contributed by atoms with Gasteiger partial charge in [0.05, 0.1) is 0 Å². The fourth-order valence-corrected chi connectivity index (χ4v) is 8.95. The summed E-state index contributed by atoms with van der Waals surface area (Å²) in [7, 11) is 0. The van der Waals surface area contributed by atoms with Gasteiger partial charge in [-0.2, -0.15) is 0 Å². The fourth-order valence-electron chi connectivity index (χ4n) is 4.68. The molecule has 0 atom stereocenters. The molecule has 0 aliphatic rings. The Morgan fingerprint density at radius 2 is 1.38 bits per heavy atom. The minimum absolute atomic E-state index is 0.296. The normalized spacial score (nSPS) is 11.8. The molecule has 5 aromatic rings. The number of hydrogen-bond donors (Lipinski definition) is 0. The van der Waals surface area contributed by atoms with E-state index in [0.29, 0.717) is 0 Å². The topological polar surface area (TPSA) is 0 Å². The third kappa shape index (κ3) is 5.14. The first-order valence-electron chi connectivity index (χ1n) is 12.3. The Hall–Kier alpha value is -1.59. The van der Waals surface area contributed by atoms with Gasteiger partial charge in [-0.25, -0.2) is 0 Å². The molecule has 0 nitrogen and oxygen atoms in total. The Morgan fingerprint density at radius 1 is 0.656 bits per heavy atom. The average Bonchev–Trinajstić information content (AvgIpc) is 3.41. The number of hydrogen-bond acceptors (Lipinski definition) is 1. The molecule has 0 aliphatic carbocycles. The zero-order chi connectivity index (χ0) is 21.8. The Morgan fingerprint density at radius 3 is 2.19 bits per heavy atom. The molecule has 0 radical (unpaired) electrons. The van der Waals surface area contributed by atoms with Crippen LogP contribution in [0.25, 0.3) is 38.8 Å². The van der Waals surface area contributed by atoms with Crippen molar-refractivity contribution in [2.45, 2.75) is 64.7 Å². The zero-order valence-electron chi connectivity index (χ0n) is 19.0. The molecule has 0 fully saturated rings. The van der Waals surface area contributed by atoms with Crippen molar-refractivity contribution >= 4 is 61.4 Å². The van der Waals surface area contributed by atoms with E-state index < -0.39 is 0 Å². The summed E-state index contributed by atoms with van der Waals surface area (Å²) in [4.78, 5) is 1.56. The van der Waals surface area contributed by atoms with Gasteiger partial charge >= 0.3 is 174 Å². The van der Waals surface area contributed by atoms with E-state index in [1.54, 1.807) is 11.9 Å². The van der Waals surface area contributed by atoms with Gasteiger partial charge in [-0.15, -0.1) is 0 Å². The third-order valence-electron chi connectivity index (χ3n) is 6.50. The summed E-state index contributed by atoms with van der Waals surface area (Å²) in [6.07, 6.45) is 12.4. The maximum atomic E-state index is 2.48. The van der Waals surface area contributed by atoms with Gasteiger partial charge in [0, 0.05) is 0 Å². The van der Waals surface area contributed by atoms with Crippen molar-refractivity contribution in [3.8, 4) is 9.14 Å². The van der Waals surface area contributed by atoms with E-state index in [-0.39, 0.29) is 20.4 Å². The standard InChI is InChI=1S/C30H32STe/c1-2-3-4-5-6-7-8-12-15-27-18-25-16-24-20-30-26(17-23(24)19-28(25)31-27)21-29(32-30)22-13-10-9-11-14-22/h9-11,13-14,16-21H,2-8,12,15H2,1H3. The van der Waals surface area contributed by atoms with Crippen LogP contribution in [0.4, 0.5) is 0 Å². The van der Waals surface area contributed by atoms with Crippen LogP contribution in [-0.2, 0) is 6.42 Å². The summed E-state index contributed by atoms with van der Waals surface area (Å²) in [5.41, 5.74) is 1.40. The quantitative estimate of drug-likeness (QED) is 0.120. The van der Waals surface area contributed by atoms with E-state index in [4.69, 9.17) is 0 Å². The summed E-state index contributed by atoms with van der Waals surface area (Å²) < 4.78 is 4.61. The van der Waals surface area contributed by atoms with Crippen molar-refractivity contribution < 1.29 is 0 Å². The van der Waals surface area contributed by atoms with Gasteiger partial charge in [-0.05, 0) is 0 Å². The predicted octanol–water partition coefficient (Wildman–Crippen LogP) is 9.61. The molecule has 0 saturated carbocycles. The van der Waals surface area contributed by atoms with E-state index >= 15 is 0 Å². The van der Waals surface area contributed by atoms with Crippen LogP contribution >= 0.6 is 11.3 Å². The first-order valence-corrected chi connectivity index (χ1v) is 15.4. The van der Waals surface area contributed by atoms with Crippen molar-refractivity contribution in [2.24, 2.45) is 0 Å². The van der Waals surface area contributed by atoms with Crippen LogP contribution in [0.2, 0.25) is 0 Å². The zero-order valence-corrected chi connectivity index (χ0v) is 22.2. The summed E-state index contributed by atoms with van der Waals surface area (Å²) in [5, 5.41) is 5.70. The first-order chi connectivity index (χ1) is 15.8. The summed E-state index contributed by atoms with van der Waals surface area (Å²) in [5.74, 6) is 0. The van der Waals surface area contributed by atoms with Gasteiger partial charge < -0.3 is 0 Å². The van der Waals surface area contributed by atoms with Gasteiger partial charge in [-0.1, -0.05) is 32.6 Å². The van der Waals surface area contributed by atoms with Crippen LogP contribution in [0, 0.1) is 0 Å². The average molecular weight is 552 g/mol. The minimum atomic E-state index is -0.296. The van der Waals surface area contributed by atoms with Crippen molar-refractivity contribution in [3.63, 3.8) is 0 Å². The number of rotatable bonds is 10. The number of aryl methyl sites for hydroxylation is 1. The molecule has 2 heteroatoms. The van der Waals surface area contributed by atoms with E-state index in [0.717, 1.165) is 0 Å². The SMILES string of the molecule is CCCCCCCCCCc1cc2cc3cc4[te]c(-c5ccccc5)cc4cc3cc2s1. The van der Waals surface area contributed by atoms with Crippen LogP contribution in [0.15, 0.2) is 66.7 Å². The van der Waals surface area contributed by atoms with Crippen LogP contribution in [0.5, 0.6) is 0 Å². The molecule has 0 spiro atoms. The Kier molecular flexibility index (Phi) is 7.33. The molecule has 164 valence electrons. The van der Waals surface area contributed by atoms with E-state index in [1.165, 1.54) is 89.6 Å². The predicted molar refractivity (Wildman–Crippen MR) is 146 cm³/mol. The van der Waals surface area contributed by atoms with Gasteiger partial charge in [-0.3, -0.25) is 0 Å². The number of fused-ring (bicyclic) bond motifs is 3. The monoisotopic (exact) mass is 554 g/mol. The van der Waals surface area contributed by atoms with E-state index in [2.05, 4.69) is 73.7 Å². The molecular weight excluding hydrogens is 520 g/mol. The molecule has 0 aliphatic heterocycles. The van der Waals surface area contributed by atoms with E-state index in [9.17, 15) is 0 Å². The number of benzene rings is 3. The second-order valence-electron chi connectivity index (χ2n) is 9.04. The van der Waals surface area contributed by atoms with Crippen LogP contribution in [-0.4, -0.2) is 20.4 Å². The molecule has 2 heterocycles. The Balaban J connectivity index is 1.29. The van der Waals surface area contributed by atoms with Crippen LogP contribution in [0.3, 0.4) is 0 Å². The van der Waals surface area contributed by atoms with Crippen molar-refractivity contribution in [1.29, 1.82) is 0 Å². The Bertz CT molecular complexity index is 1240.